The second-order valence-corrected chi connectivity index (χ2v) is 4.35. The lowest BCUT2D eigenvalue weighted by atomic mass is 10.3. The molecule has 5 nitrogen and oxygen atoms in total. The van der Waals surface area contributed by atoms with Gasteiger partial charge in [-0.05, 0) is 13.0 Å². The minimum absolute atomic E-state index is 0.0431. The first-order valence-corrected chi connectivity index (χ1v) is 6.10. The number of hydrogen-bond acceptors (Lipinski definition) is 3. The van der Waals surface area contributed by atoms with Gasteiger partial charge in [0.1, 0.15) is 0 Å². The molecule has 1 unspecified atom stereocenters. The first kappa shape index (κ1) is 12.6. The molecule has 0 bridgehead atoms. The Hall–Kier alpha value is -1.88. The molecule has 2 aromatic heterocycles. The van der Waals surface area contributed by atoms with Crippen LogP contribution in [0, 0.1) is 0 Å². The number of nitrogens with zero attached hydrogens (tertiary/aromatic N) is 3. The summed E-state index contributed by atoms with van der Waals surface area (Å²) >= 11 is 0. The van der Waals surface area contributed by atoms with Crippen molar-refractivity contribution in [3.05, 3.63) is 53.5 Å². The van der Waals surface area contributed by atoms with Gasteiger partial charge in [0.05, 0.1) is 6.33 Å². The second kappa shape index (κ2) is 6.16. The van der Waals surface area contributed by atoms with Crippen LogP contribution in [0.2, 0.25) is 0 Å². The monoisotopic (exact) mass is 246 g/mol. The molecule has 0 aliphatic rings. The molecule has 5 heteroatoms. The van der Waals surface area contributed by atoms with E-state index in [1.54, 1.807) is 29.2 Å². The van der Waals surface area contributed by atoms with Gasteiger partial charge in [0.2, 0.25) is 0 Å². The van der Waals surface area contributed by atoms with Gasteiger partial charge in [0, 0.05) is 50.3 Å². The SMILES string of the molecule is CC(Cn1ccnc1)NCCn1ccccc1=O. The first-order chi connectivity index (χ1) is 8.75. The van der Waals surface area contributed by atoms with Gasteiger partial charge in [0.15, 0.2) is 0 Å². The Morgan fingerprint density at radius 2 is 2.28 bits per heavy atom. The fourth-order valence-electron chi connectivity index (χ4n) is 1.85. The van der Waals surface area contributed by atoms with E-state index in [1.807, 2.05) is 23.0 Å². The van der Waals surface area contributed by atoms with Gasteiger partial charge in [-0.25, -0.2) is 4.98 Å². The van der Waals surface area contributed by atoms with Gasteiger partial charge in [-0.1, -0.05) is 6.07 Å². The van der Waals surface area contributed by atoms with E-state index in [9.17, 15) is 4.79 Å². The van der Waals surface area contributed by atoms with Crippen LogP contribution in [0.15, 0.2) is 47.9 Å². The molecule has 0 aliphatic carbocycles. The summed E-state index contributed by atoms with van der Waals surface area (Å²) in [5, 5.41) is 3.39. The molecule has 0 fully saturated rings. The van der Waals surface area contributed by atoms with E-state index in [-0.39, 0.29) is 5.56 Å². The second-order valence-electron chi connectivity index (χ2n) is 4.35. The molecule has 18 heavy (non-hydrogen) atoms. The van der Waals surface area contributed by atoms with Crippen molar-refractivity contribution >= 4 is 0 Å². The summed E-state index contributed by atoms with van der Waals surface area (Å²) in [7, 11) is 0. The summed E-state index contributed by atoms with van der Waals surface area (Å²) in [6, 6.07) is 5.55. The van der Waals surface area contributed by atoms with Crippen molar-refractivity contribution in [3.63, 3.8) is 0 Å². The molecule has 0 amide bonds. The fourth-order valence-corrected chi connectivity index (χ4v) is 1.85. The van der Waals surface area contributed by atoms with Crippen molar-refractivity contribution in [2.45, 2.75) is 26.1 Å². The zero-order valence-corrected chi connectivity index (χ0v) is 10.5. The van der Waals surface area contributed by atoms with Gasteiger partial charge in [-0.3, -0.25) is 4.79 Å². The highest BCUT2D eigenvalue weighted by molar-refractivity contribution is 4.93. The number of hydrogen-bond donors (Lipinski definition) is 1. The van der Waals surface area contributed by atoms with Crippen molar-refractivity contribution in [1.29, 1.82) is 0 Å². The summed E-state index contributed by atoms with van der Waals surface area (Å²) in [6.07, 6.45) is 7.33. The third-order valence-electron chi connectivity index (χ3n) is 2.79. The predicted molar refractivity (Wildman–Crippen MR) is 70.4 cm³/mol. The zero-order valence-electron chi connectivity index (χ0n) is 10.5. The lowest BCUT2D eigenvalue weighted by molar-refractivity contribution is 0.458. The van der Waals surface area contributed by atoms with Gasteiger partial charge in [-0.2, -0.15) is 0 Å². The molecule has 2 aromatic rings. The quantitative estimate of drug-likeness (QED) is 0.817. The standard InChI is InChI=1S/C13H18N4O/c1-12(10-16-8-5-14-11-16)15-6-9-17-7-3-2-4-13(17)18/h2-5,7-8,11-12,15H,6,9-10H2,1H3. The number of pyridine rings is 1. The zero-order chi connectivity index (χ0) is 12.8. The Kier molecular flexibility index (Phi) is 4.30. The smallest absolute Gasteiger partial charge is 0.250 e. The average molecular weight is 246 g/mol. The van der Waals surface area contributed by atoms with Crippen LogP contribution < -0.4 is 10.9 Å². The minimum atomic E-state index is 0.0431. The van der Waals surface area contributed by atoms with E-state index in [2.05, 4.69) is 17.2 Å². The van der Waals surface area contributed by atoms with Gasteiger partial charge >= 0.3 is 0 Å². The normalized spacial score (nSPS) is 12.5. The maximum Gasteiger partial charge on any atom is 0.250 e. The van der Waals surface area contributed by atoms with Gasteiger partial charge in [0.25, 0.3) is 5.56 Å². The van der Waals surface area contributed by atoms with Crippen LogP contribution in [0.1, 0.15) is 6.92 Å². The van der Waals surface area contributed by atoms with Crippen LogP contribution in [-0.2, 0) is 13.1 Å². The predicted octanol–water partition coefficient (Wildman–Crippen LogP) is 0.723. The molecule has 1 atom stereocenters. The van der Waals surface area contributed by atoms with Crippen molar-refractivity contribution in [2.24, 2.45) is 0 Å². The summed E-state index contributed by atoms with van der Waals surface area (Å²) in [5.74, 6) is 0. The molecular formula is C13H18N4O. The maximum atomic E-state index is 11.5. The van der Waals surface area contributed by atoms with Crippen LogP contribution in [-0.4, -0.2) is 26.7 Å². The summed E-state index contributed by atoms with van der Waals surface area (Å²) in [4.78, 5) is 15.5. The van der Waals surface area contributed by atoms with Crippen LogP contribution >= 0.6 is 0 Å². The minimum Gasteiger partial charge on any atom is -0.336 e. The topological polar surface area (TPSA) is 51.9 Å². The van der Waals surface area contributed by atoms with Crippen molar-refractivity contribution < 1.29 is 0 Å². The number of nitrogens with one attached hydrogen (secondary N) is 1. The molecular weight excluding hydrogens is 228 g/mol. The molecule has 0 saturated carbocycles. The largest absolute Gasteiger partial charge is 0.336 e. The van der Waals surface area contributed by atoms with Crippen LogP contribution in [0.3, 0.4) is 0 Å². The Bertz CT molecular complexity index is 518. The van der Waals surface area contributed by atoms with Crippen molar-refractivity contribution in [1.82, 2.24) is 19.4 Å². The van der Waals surface area contributed by atoms with Crippen molar-refractivity contribution in [2.75, 3.05) is 6.54 Å². The fraction of sp³-hybridized carbons (Fsp3) is 0.385. The van der Waals surface area contributed by atoms with Crippen LogP contribution in [0.5, 0.6) is 0 Å². The highest BCUT2D eigenvalue weighted by Crippen LogP contribution is 1.91. The van der Waals surface area contributed by atoms with Crippen molar-refractivity contribution in [3.8, 4) is 0 Å². The molecule has 96 valence electrons. The Morgan fingerprint density at radius 3 is 3.00 bits per heavy atom. The number of rotatable bonds is 6. The number of aromatic nitrogens is 3. The lowest BCUT2D eigenvalue weighted by Gasteiger charge is -2.14. The summed E-state index contributed by atoms with van der Waals surface area (Å²) in [5.41, 5.74) is 0.0431. The Balaban J connectivity index is 1.75. The van der Waals surface area contributed by atoms with Crippen LogP contribution in [0.25, 0.3) is 0 Å². The van der Waals surface area contributed by atoms with Gasteiger partial charge in [-0.15, -0.1) is 0 Å². The van der Waals surface area contributed by atoms with E-state index in [0.29, 0.717) is 12.6 Å². The summed E-state index contributed by atoms with van der Waals surface area (Å²) in [6.45, 7) is 4.46. The lowest BCUT2D eigenvalue weighted by Crippen LogP contribution is -2.34. The van der Waals surface area contributed by atoms with E-state index in [4.69, 9.17) is 0 Å². The Labute approximate surface area is 106 Å². The van der Waals surface area contributed by atoms with E-state index in [0.717, 1.165) is 13.1 Å². The van der Waals surface area contributed by atoms with E-state index < -0.39 is 0 Å². The molecule has 0 saturated heterocycles. The van der Waals surface area contributed by atoms with E-state index in [1.165, 1.54) is 0 Å². The highest BCUT2D eigenvalue weighted by atomic mass is 16.1. The molecule has 0 radical (unpaired) electrons. The number of imidazole rings is 1. The van der Waals surface area contributed by atoms with Gasteiger partial charge < -0.3 is 14.5 Å². The molecule has 0 spiro atoms. The average Bonchev–Trinajstić information content (AvgIpc) is 2.84. The van der Waals surface area contributed by atoms with E-state index >= 15 is 0 Å². The molecule has 2 rings (SSSR count). The third kappa shape index (κ3) is 3.56. The Morgan fingerprint density at radius 1 is 1.39 bits per heavy atom. The molecule has 0 aliphatic heterocycles. The maximum absolute atomic E-state index is 11.5. The molecule has 0 aromatic carbocycles. The van der Waals surface area contributed by atoms with Crippen LogP contribution in [0.4, 0.5) is 0 Å². The molecule has 2 heterocycles. The molecule has 1 N–H and O–H groups in total. The third-order valence-corrected chi connectivity index (χ3v) is 2.79. The summed E-state index contributed by atoms with van der Waals surface area (Å²) < 4.78 is 3.74. The highest BCUT2D eigenvalue weighted by Gasteiger charge is 2.01. The first-order valence-electron chi connectivity index (χ1n) is 6.10.